The number of carbonyl (C=O) groups excluding carboxylic acids is 1. The summed E-state index contributed by atoms with van der Waals surface area (Å²) in [4.78, 5) is 22.7. The van der Waals surface area contributed by atoms with Gasteiger partial charge in [0.1, 0.15) is 12.4 Å². The van der Waals surface area contributed by atoms with Gasteiger partial charge in [-0.15, -0.1) is 0 Å². The molecule has 5 heterocycles. The third kappa shape index (κ3) is 3.91. The maximum Gasteiger partial charge on any atom is 0.244 e. The number of hydrogen-bond acceptors (Lipinski definition) is 8. The third-order valence-corrected chi connectivity index (χ3v) is 7.23. The summed E-state index contributed by atoms with van der Waals surface area (Å²) < 4.78 is 17.2. The monoisotopic (exact) mass is 502 g/mol. The molecule has 0 aliphatic carbocycles. The molecule has 6 rings (SSSR count). The summed E-state index contributed by atoms with van der Waals surface area (Å²) in [5, 5.41) is 22.5. The van der Waals surface area contributed by atoms with Gasteiger partial charge in [-0.05, 0) is 36.4 Å². The number of carbonyl (C=O) groups is 1. The van der Waals surface area contributed by atoms with Crippen LogP contribution in [0.3, 0.4) is 0 Å². The topological polar surface area (TPSA) is 134 Å². The van der Waals surface area contributed by atoms with E-state index in [1.165, 1.54) is 6.20 Å². The van der Waals surface area contributed by atoms with Crippen LogP contribution in [-0.2, 0) is 17.8 Å². The Morgan fingerprint density at radius 2 is 2.03 bits per heavy atom. The fourth-order valence-electron chi connectivity index (χ4n) is 5.04. The summed E-state index contributed by atoms with van der Waals surface area (Å²) in [6, 6.07) is 5.44. The molecule has 190 valence electrons. The van der Waals surface area contributed by atoms with E-state index in [2.05, 4.69) is 25.7 Å². The number of aromatic nitrogens is 4. The van der Waals surface area contributed by atoms with Crippen molar-refractivity contribution in [2.24, 2.45) is 0 Å². The molecule has 0 saturated carbocycles. The quantitative estimate of drug-likeness (QED) is 0.314. The van der Waals surface area contributed by atoms with Crippen LogP contribution < -0.4 is 16.4 Å². The number of benzene rings is 1. The van der Waals surface area contributed by atoms with Crippen molar-refractivity contribution >= 4 is 39.7 Å². The van der Waals surface area contributed by atoms with Gasteiger partial charge in [-0.25, -0.2) is 9.37 Å². The molecule has 2 aliphatic rings. The Balaban J connectivity index is 1.37. The van der Waals surface area contributed by atoms with E-state index in [9.17, 15) is 9.90 Å². The third-order valence-electron chi connectivity index (χ3n) is 7.23. The predicted molar refractivity (Wildman–Crippen MR) is 139 cm³/mol. The Morgan fingerprint density at radius 1 is 1.19 bits per heavy atom. The lowest BCUT2D eigenvalue weighted by Crippen LogP contribution is -2.29. The summed E-state index contributed by atoms with van der Waals surface area (Å²) in [6.07, 6.45) is 3.76. The highest BCUT2D eigenvalue weighted by Crippen LogP contribution is 2.40. The summed E-state index contributed by atoms with van der Waals surface area (Å²) >= 11 is 0. The van der Waals surface area contributed by atoms with Gasteiger partial charge in [-0.1, -0.05) is 0 Å². The molecule has 0 radical (unpaired) electrons. The molecule has 0 fully saturated rings. The first kappa shape index (κ1) is 23.2. The Morgan fingerprint density at radius 3 is 2.86 bits per heavy atom. The minimum atomic E-state index is -0.646. The van der Waals surface area contributed by atoms with Crippen LogP contribution in [0.25, 0.3) is 21.9 Å². The highest BCUT2D eigenvalue weighted by atomic mass is 19.1. The molecule has 2 aliphatic heterocycles. The van der Waals surface area contributed by atoms with Crippen LogP contribution in [-0.4, -0.2) is 55.8 Å². The Kier molecular flexibility index (Phi) is 5.45. The highest BCUT2D eigenvalue weighted by Gasteiger charge is 2.24. The smallest absolute Gasteiger partial charge is 0.244 e. The van der Waals surface area contributed by atoms with E-state index in [0.717, 1.165) is 16.9 Å². The molecule has 4 aromatic rings. The second-order valence-electron chi connectivity index (χ2n) is 9.60. The zero-order chi connectivity index (χ0) is 25.8. The average molecular weight is 503 g/mol. The van der Waals surface area contributed by atoms with Crippen molar-refractivity contribution < 1.29 is 14.3 Å². The maximum atomic E-state index is 15.5. The number of likely N-dealkylation sites (N-methyl/N-ethyl adjacent to an activating group) is 1. The zero-order valence-electron chi connectivity index (χ0n) is 20.5. The molecule has 0 bridgehead atoms. The second kappa shape index (κ2) is 8.70. The SMILES string of the molecule is Cc1c(-c2cc3cc(Nc4cc5n(n4)CC(=O)N(C)CC5)ncc3c(N)c2F)cnc2c1NCC[C@H]2O. The van der Waals surface area contributed by atoms with Gasteiger partial charge in [-0.3, -0.25) is 14.5 Å². The fraction of sp³-hybridized carbons (Fsp3) is 0.308. The van der Waals surface area contributed by atoms with Gasteiger partial charge < -0.3 is 26.4 Å². The van der Waals surface area contributed by atoms with Crippen LogP contribution in [0.5, 0.6) is 0 Å². The first-order valence-electron chi connectivity index (χ1n) is 12.2. The average Bonchev–Trinajstić information content (AvgIpc) is 3.20. The van der Waals surface area contributed by atoms with Gasteiger partial charge in [-0.2, -0.15) is 5.10 Å². The number of nitrogens with zero attached hydrogens (tertiary/aromatic N) is 5. The van der Waals surface area contributed by atoms with Crippen LogP contribution in [0.2, 0.25) is 0 Å². The fourth-order valence-corrected chi connectivity index (χ4v) is 5.04. The van der Waals surface area contributed by atoms with Crippen LogP contribution >= 0.6 is 0 Å². The Bertz CT molecular complexity index is 1570. The molecular formula is C26H27FN8O2. The van der Waals surface area contributed by atoms with E-state index in [-0.39, 0.29) is 18.1 Å². The number of pyridine rings is 2. The van der Waals surface area contributed by atoms with Crippen LogP contribution in [0, 0.1) is 12.7 Å². The Labute approximate surface area is 212 Å². The predicted octanol–water partition coefficient (Wildman–Crippen LogP) is 3.13. The molecule has 0 saturated heterocycles. The number of halogens is 1. The van der Waals surface area contributed by atoms with Crippen molar-refractivity contribution in [1.82, 2.24) is 24.6 Å². The maximum absolute atomic E-state index is 15.5. The molecule has 1 aromatic carbocycles. The van der Waals surface area contributed by atoms with Gasteiger partial charge in [0.25, 0.3) is 0 Å². The molecule has 0 unspecified atom stereocenters. The Hall–Kier alpha value is -4.25. The first-order chi connectivity index (χ1) is 17.8. The number of aliphatic hydroxyl groups excluding tert-OH is 1. The zero-order valence-corrected chi connectivity index (χ0v) is 20.5. The lowest BCUT2D eigenvalue weighted by atomic mass is 9.94. The van der Waals surface area contributed by atoms with Gasteiger partial charge in [0.2, 0.25) is 5.91 Å². The molecule has 5 N–H and O–H groups in total. The van der Waals surface area contributed by atoms with Crippen molar-refractivity contribution in [3.05, 3.63) is 53.4 Å². The molecule has 3 aromatic heterocycles. The van der Waals surface area contributed by atoms with Gasteiger partial charge >= 0.3 is 0 Å². The van der Waals surface area contributed by atoms with E-state index >= 15 is 4.39 Å². The van der Waals surface area contributed by atoms with Gasteiger partial charge in [0.05, 0.1) is 23.2 Å². The summed E-state index contributed by atoms with van der Waals surface area (Å²) in [5.74, 6) is 0.572. The van der Waals surface area contributed by atoms with E-state index in [1.807, 2.05) is 13.0 Å². The van der Waals surface area contributed by atoms with Crippen LogP contribution in [0.4, 0.5) is 27.4 Å². The van der Waals surface area contributed by atoms with Gasteiger partial charge in [0, 0.05) is 67.2 Å². The molecular weight excluding hydrogens is 475 g/mol. The largest absolute Gasteiger partial charge is 0.396 e. The molecule has 1 amide bonds. The normalized spacial score (nSPS) is 17.2. The number of anilines is 4. The number of nitrogens with one attached hydrogen (secondary N) is 2. The van der Waals surface area contributed by atoms with E-state index in [1.54, 1.807) is 35.0 Å². The number of fused-ring (bicyclic) bond motifs is 3. The summed E-state index contributed by atoms with van der Waals surface area (Å²) in [7, 11) is 1.79. The van der Waals surface area contributed by atoms with Gasteiger partial charge in [0.15, 0.2) is 11.6 Å². The minimum Gasteiger partial charge on any atom is -0.396 e. The standard InChI is InChI=1S/C26H27FN8O2/c1-13-17(10-31-26-19(36)3-5-29-25(13)26)16-7-14-8-20(30-11-18(14)24(28)23(16)27)32-21-9-15-4-6-34(2)22(37)12-35(15)33-21/h7-11,19,29,36H,3-6,12,28H2,1-2H3,(H,30,32,33)/t19-/m1/s1. The number of aliphatic hydroxyl groups is 1. The second-order valence-corrected chi connectivity index (χ2v) is 9.60. The van der Waals surface area contributed by atoms with Crippen molar-refractivity contribution in [1.29, 1.82) is 0 Å². The van der Waals surface area contributed by atoms with Crippen molar-refractivity contribution in [2.75, 3.05) is 36.5 Å². The van der Waals surface area contributed by atoms with Crippen molar-refractivity contribution in [3.63, 3.8) is 0 Å². The number of amides is 1. The van der Waals surface area contributed by atoms with E-state index < -0.39 is 11.9 Å². The molecule has 1 atom stereocenters. The number of nitrogens with two attached hydrogens (primary N) is 1. The summed E-state index contributed by atoms with van der Waals surface area (Å²) in [5.41, 5.74) is 10.2. The molecule has 10 nitrogen and oxygen atoms in total. The lowest BCUT2D eigenvalue weighted by molar-refractivity contribution is -0.130. The molecule has 11 heteroatoms. The first-order valence-corrected chi connectivity index (χ1v) is 12.2. The van der Waals surface area contributed by atoms with Crippen LogP contribution in [0.15, 0.2) is 30.6 Å². The minimum absolute atomic E-state index is 0.00741. The highest BCUT2D eigenvalue weighted by molar-refractivity contribution is 5.98. The molecule has 0 spiro atoms. The number of hydrogen-bond donors (Lipinski definition) is 4. The lowest BCUT2D eigenvalue weighted by Gasteiger charge is -2.25. The number of nitrogen functional groups attached to an aromatic ring is 1. The summed E-state index contributed by atoms with van der Waals surface area (Å²) in [6.45, 7) is 3.33. The van der Waals surface area contributed by atoms with E-state index in [4.69, 9.17) is 5.73 Å². The van der Waals surface area contributed by atoms with Crippen molar-refractivity contribution in [2.45, 2.75) is 32.4 Å². The molecule has 37 heavy (non-hydrogen) atoms. The number of rotatable bonds is 3. The van der Waals surface area contributed by atoms with Crippen molar-refractivity contribution in [3.8, 4) is 11.1 Å². The van der Waals surface area contributed by atoms with Crippen LogP contribution in [0.1, 0.15) is 29.5 Å². The van der Waals surface area contributed by atoms with E-state index in [0.29, 0.717) is 65.2 Å².